The van der Waals surface area contributed by atoms with Gasteiger partial charge in [0.2, 0.25) is 0 Å². The Kier molecular flexibility index (Phi) is 6.42. The molecule has 0 saturated carbocycles. The minimum atomic E-state index is -1.14. The van der Waals surface area contributed by atoms with Gasteiger partial charge in [-0.2, -0.15) is 0 Å². The molecule has 0 aliphatic rings. The van der Waals surface area contributed by atoms with Crippen LogP contribution in [0.25, 0.3) is 0 Å². The van der Waals surface area contributed by atoms with Crippen molar-refractivity contribution < 1.29 is 19.8 Å². The van der Waals surface area contributed by atoms with Crippen LogP contribution in [0.2, 0.25) is 0 Å². The Labute approximate surface area is 107 Å². The number of carbonyl (C=O) groups is 2. The highest BCUT2D eigenvalue weighted by Gasteiger charge is 2.13. The smallest absolute Gasteiger partial charge is 0.335 e. The Bertz CT molecular complexity index is 416. The van der Waals surface area contributed by atoms with Crippen LogP contribution in [0, 0.1) is 0 Å². The molecular weight excluding hydrogens is 232 g/mol. The molecule has 0 fully saturated rings. The highest BCUT2D eigenvalue weighted by Crippen LogP contribution is 2.24. The standard InChI is InChI=1S/C14H18O4/c1-9(7-5-6-8-13(15)16)10(2)11(3)12(4)14(17)18/h1-8H2,(H,15,16)(H,17,18). The maximum Gasteiger partial charge on any atom is 0.335 e. The number of hydrogen-bond donors (Lipinski definition) is 2. The molecule has 0 bridgehead atoms. The lowest BCUT2D eigenvalue weighted by atomic mass is 9.93. The van der Waals surface area contributed by atoms with Crippen LogP contribution < -0.4 is 0 Å². The highest BCUT2D eigenvalue weighted by atomic mass is 16.4. The summed E-state index contributed by atoms with van der Waals surface area (Å²) < 4.78 is 0. The number of unbranched alkanes of at least 4 members (excludes halogenated alkanes) is 1. The first kappa shape index (κ1) is 15.9. The number of allylic oxidation sites excluding steroid dienone is 2. The SMILES string of the molecule is C=C(CCCCC(=O)O)C(=C)C(=C)C(=C)C(=O)O. The van der Waals surface area contributed by atoms with E-state index in [2.05, 4.69) is 26.3 Å². The van der Waals surface area contributed by atoms with Crippen molar-refractivity contribution in [1.82, 2.24) is 0 Å². The maximum atomic E-state index is 10.7. The van der Waals surface area contributed by atoms with Crippen LogP contribution >= 0.6 is 0 Å². The topological polar surface area (TPSA) is 74.6 Å². The van der Waals surface area contributed by atoms with Gasteiger partial charge in [-0.25, -0.2) is 4.79 Å². The molecule has 18 heavy (non-hydrogen) atoms. The summed E-state index contributed by atoms with van der Waals surface area (Å²) in [7, 11) is 0. The zero-order chi connectivity index (χ0) is 14.3. The fourth-order valence-corrected chi connectivity index (χ4v) is 1.29. The first-order valence-corrected chi connectivity index (χ1v) is 5.48. The highest BCUT2D eigenvalue weighted by molar-refractivity contribution is 5.92. The third-order valence-corrected chi connectivity index (χ3v) is 2.53. The number of rotatable bonds is 9. The van der Waals surface area contributed by atoms with Gasteiger partial charge in [0.25, 0.3) is 0 Å². The molecule has 0 amide bonds. The van der Waals surface area contributed by atoms with Crippen molar-refractivity contribution >= 4 is 11.9 Å². The minimum Gasteiger partial charge on any atom is -0.481 e. The van der Waals surface area contributed by atoms with Gasteiger partial charge in [0.1, 0.15) is 0 Å². The maximum absolute atomic E-state index is 10.7. The van der Waals surface area contributed by atoms with Crippen LogP contribution in [-0.4, -0.2) is 22.2 Å². The molecule has 98 valence electrons. The molecule has 0 saturated heterocycles. The Morgan fingerprint density at radius 2 is 1.28 bits per heavy atom. The van der Waals surface area contributed by atoms with Crippen LogP contribution in [0.1, 0.15) is 25.7 Å². The van der Waals surface area contributed by atoms with E-state index >= 15 is 0 Å². The van der Waals surface area contributed by atoms with Gasteiger partial charge in [0.15, 0.2) is 0 Å². The van der Waals surface area contributed by atoms with Crippen molar-refractivity contribution in [2.45, 2.75) is 25.7 Å². The van der Waals surface area contributed by atoms with Crippen molar-refractivity contribution in [2.75, 3.05) is 0 Å². The normalized spacial score (nSPS) is 9.56. The number of carboxylic acid groups (broad SMARTS) is 2. The van der Waals surface area contributed by atoms with Gasteiger partial charge in [-0.05, 0) is 36.0 Å². The van der Waals surface area contributed by atoms with E-state index in [1.54, 1.807) is 0 Å². The van der Waals surface area contributed by atoms with Crippen molar-refractivity contribution in [3.63, 3.8) is 0 Å². The lowest BCUT2D eigenvalue weighted by Gasteiger charge is -2.11. The third kappa shape index (κ3) is 5.30. The van der Waals surface area contributed by atoms with Gasteiger partial charge in [-0.15, -0.1) is 0 Å². The van der Waals surface area contributed by atoms with Crippen LogP contribution in [-0.2, 0) is 9.59 Å². The lowest BCUT2D eigenvalue weighted by Crippen LogP contribution is -2.04. The van der Waals surface area contributed by atoms with E-state index in [1.165, 1.54) is 0 Å². The summed E-state index contributed by atoms with van der Waals surface area (Å²) in [6, 6.07) is 0. The number of carboxylic acids is 2. The van der Waals surface area contributed by atoms with E-state index in [9.17, 15) is 9.59 Å². The van der Waals surface area contributed by atoms with Gasteiger partial charge in [-0.1, -0.05) is 26.3 Å². The second kappa shape index (κ2) is 7.27. The molecule has 4 heteroatoms. The van der Waals surface area contributed by atoms with Crippen molar-refractivity contribution in [3.8, 4) is 0 Å². The summed E-state index contributed by atoms with van der Waals surface area (Å²) in [6.07, 6.45) is 1.89. The zero-order valence-electron chi connectivity index (χ0n) is 10.4. The molecule has 4 nitrogen and oxygen atoms in total. The predicted octanol–water partition coefficient (Wildman–Crippen LogP) is 2.94. The Morgan fingerprint density at radius 1 is 0.778 bits per heavy atom. The molecule has 0 aromatic carbocycles. The fraction of sp³-hybridized carbons (Fsp3) is 0.286. The monoisotopic (exact) mass is 250 g/mol. The quantitative estimate of drug-likeness (QED) is 0.375. The lowest BCUT2D eigenvalue weighted by molar-refractivity contribution is -0.137. The summed E-state index contributed by atoms with van der Waals surface area (Å²) in [5, 5.41) is 17.2. The molecule has 0 aromatic heterocycles. The van der Waals surface area contributed by atoms with Gasteiger partial charge in [-0.3, -0.25) is 4.79 Å². The molecule has 0 spiro atoms. The van der Waals surface area contributed by atoms with E-state index in [0.717, 1.165) is 0 Å². The van der Waals surface area contributed by atoms with Crippen LogP contribution in [0.4, 0.5) is 0 Å². The molecule has 0 aliphatic heterocycles. The molecule has 0 aromatic rings. The van der Waals surface area contributed by atoms with E-state index in [0.29, 0.717) is 30.4 Å². The van der Waals surface area contributed by atoms with Gasteiger partial charge < -0.3 is 10.2 Å². The van der Waals surface area contributed by atoms with Gasteiger partial charge in [0.05, 0.1) is 5.57 Å². The molecule has 0 atom stereocenters. The molecule has 2 N–H and O–H groups in total. The summed E-state index contributed by atoms with van der Waals surface area (Å²) in [4.78, 5) is 21.0. The molecule has 0 heterocycles. The average molecular weight is 250 g/mol. The van der Waals surface area contributed by atoms with Crippen molar-refractivity contribution in [3.05, 3.63) is 48.6 Å². The van der Waals surface area contributed by atoms with E-state index in [-0.39, 0.29) is 17.6 Å². The second-order valence-corrected chi connectivity index (χ2v) is 3.95. The van der Waals surface area contributed by atoms with Crippen molar-refractivity contribution in [1.29, 1.82) is 0 Å². The molecule has 0 unspecified atom stereocenters. The van der Waals surface area contributed by atoms with Gasteiger partial charge >= 0.3 is 11.9 Å². The molecule has 0 aliphatic carbocycles. The first-order chi connectivity index (χ1) is 8.27. The fourth-order valence-electron chi connectivity index (χ4n) is 1.29. The largest absolute Gasteiger partial charge is 0.481 e. The number of aliphatic carboxylic acids is 2. The summed E-state index contributed by atoms with van der Waals surface area (Å²) in [5.74, 6) is -1.97. The Balaban J connectivity index is 4.23. The molecule has 0 radical (unpaired) electrons. The van der Waals surface area contributed by atoms with Gasteiger partial charge in [0, 0.05) is 6.42 Å². The Morgan fingerprint density at radius 3 is 1.72 bits per heavy atom. The van der Waals surface area contributed by atoms with E-state index in [1.807, 2.05) is 0 Å². The predicted molar refractivity (Wildman–Crippen MR) is 70.3 cm³/mol. The van der Waals surface area contributed by atoms with E-state index in [4.69, 9.17) is 10.2 Å². The van der Waals surface area contributed by atoms with Crippen LogP contribution in [0.5, 0.6) is 0 Å². The first-order valence-electron chi connectivity index (χ1n) is 5.48. The zero-order valence-corrected chi connectivity index (χ0v) is 10.4. The van der Waals surface area contributed by atoms with Crippen LogP contribution in [0.15, 0.2) is 48.6 Å². The summed E-state index contributed by atoms with van der Waals surface area (Å²) in [6.45, 7) is 14.5. The van der Waals surface area contributed by atoms with Crippen LogP contribution in [0.3, 0.4) is 0 Å². The minimum absolute atomic E-state index is 0.105. The summed E-state index contributed by atoms with van der Waals surface area (Å²) in [5.41, 5.74) is 1.27. The van der Waals surface area contributed by atoms with E-state index < -0.39 is 11.9 Å². The summed E-state index contributed by atoms with van der Waals surface area (Å²) >= 11 is 0. The Hall–Kier alpha value is -2.10. The third-order valence-electron chi connectivity index (χ3n) is 2.53. The average Bonchev–Trinajstić information content (AvgIpc) is 2.30. The molecular formula is C14H18O4. The van der Waals surface area contributed by atoms with Crippen molar-refractivity contribution in [2.24, 2.45) is 0 Å². The number of hydrogen-bond acceptors (Lipinski definition) is 2. The second-order valence-electron chi connectivity index (χ2n) is 3.95. The molecule has 0 rings (SSSR count).